The van der Waals surface area contributed by atoms with Gasteiger partial charge in [0.1, 0.15) is 11.9 Å². The second kappa shape index (κ2) is 11.3. The molecule has 1 rings (SSSR count). The molecule has 0 bridgehead atoms. The van der Waals surface area contributed by atoms with Crippen LogP contribution in [-0.2, 0) is 20.4 Å². The van der Waals surface area contributed by atoms with Gasteiger partial charge in [-0.3, -0.25) is 4.79 Å². The van der Waals surface area contributed by atoms with Crippen molar-refractivity contribution < 1.29 is 14.6 Å². The molecular formula is C25H42O3S. The van der Waals surface area contributed by atoms with Crippen molar-refractivity contribution in [2.75, 3.05) is 5.75 Å². The van der Waals surface area contributed by atoms with Gasteiger partial charge in [-0.1, -0.05) is 80.6 Å². The molecule has 1 aromatic rings. The Morgan fingerprint density at radius 2 is 1.45 bits per heavy atom. The van der Waals surface area contributed by atoms with E-state index in [2.05, 4.69) is 61.1 Å². The summed E-state index contributed by atoms with van der Waals surface area (Å²) in [5, 5.41) is 11.0. The Morgan fingerprint density at radius 1 is 0.966 bits per heavy atom. The SMILES string of the molecule is CCCCCCCCC(OC(=O)CS)c1cc(C(C)(C)C)c(O)c(C(C)(C)C)c1. The smallest absolute Gasteiger partial charge is 0.316 e. The summed E-state index contributed by atoms with van der Waals surface area (Å²) in [7, 11) is 0. The lowest BCUT2D eigenvalue weighted by Crippen LogP contribution is -2.20. The molecular weight excluding hydrogens is 380 g/mol. The van der Waals surface area contributed by atoms with Gasteiger partial charge in [0.2, 0.25) is 0 Å². The van der Waals surface area contributed by atoms with Crippen molar-refractivity contribution in [3.8, 4) is 5.75 Å². The molecule has 0 aliphatic carbocycles. The third-order valence-electron chi connectivity index (χ3n) is 5.34. The summed E-state index contributed by atoms with van der Waals surface area (Å²) >= 11 is 4.08. The highest BCUT2D eigenvalue weighted by molar-refractivity contribution is 7.81. The number of unbranched alkanes of at least 4 members (excludes halogenated alkanes) is 5. The zero-order valence-electron chi connectivity index (χ0n) is 19.6. The third-order valence-corrected chi connectivity index (χ3v) is 5.60. The van der Waals surface area contributed by atoms with Gasteiger partial charge < -0.3 is 9.84 Å². The van der Waals surface area contributed by atoms with Crippen LogP contribution in [0.2, 0.25) is 0 Å². The second-order valence-corrected chi connectivity index (χ2v) is 10.5. The van der Waals surface area contributed by atoms with E-state index in [1.165, 1.54) is 25.7 Å². The van der Waals surface area contributed by atoms with Gasteiger partial charge in [0, 0.05) is 0 Å². The highest BCUT2D eigenvalue weighted by Gasteiger charge is 2.29. The summed E-state index contributed by atoms with van der Waals surface area (Å²) in [6.45, 7) is 14.8. The number of esters is 1. The van der Waals surface area contributed by atoms with Crippen LogP contribution in [0.15, 0.2) is 12.1 Å². The predicted molar refractivity (Wildman–Crippen MR) is 126 cm³/mol. The number of thiol groups is 1. The number of hydrogen-bond donors (Lipinski definition) is 2. The third kappa shape index (κ3) is 8.24. The van der Waals surface area contributed by atoms with E-state index in [9.17, 15) is 9.90 Å². The van der Waals surface area contributed by atoms with Crippen molar-refractivity contribution >= 4 is 18.6 Å². The average molecular weight is 423 g/mol. The standard InChI is InChI=1S/C25H42O3S/c1-8-9-10-11-12-13-14-21(28-22(26)17-29)18-15-19(24(2,3)4)23(27)20(16-18)25(5,6)7/h15-16,21,27,29H,8-14,17H2,1-7H3. The van der Waals surface area contributed by atoms with Crippen LogP contribution in [0.3, 0.4) is 0 Å². The molecule has 1 N–H and O–H groups in total. The second-order valence-electron chi connectivity index (χ2n) is 10.2. The maximum atomic E-state index is 12.1. The van der Waals surface area contributed by atoms with Gasteiger partial charge in [-0.05, 0) is 52.5 Å². The van der Waals surface area contributed by atoms with E-state index in [1.54, 1.807) is 0 Å². The first-order valence-corrected chi connectivity index (χ1v) is 11.7. The number of benzene rings is 1. The van der Waals surface area contributed by atoms with Crippen LogP contribution >= 0.6 is 12.6 Å². The molecule has 0 aromatic heterocycles. The summed E-state index contributed by atoms with van der Waals surface area (Å²) in [5.74, 6) is 0.128. The van der Waals surface area contributed by atoms with Crippen LogP contribution in [0.1, 0.15) is 116 Å². The maximum Gasteiger partial charge on any atom is 0.316 e. The van der Waals surface area contributed by atoms with Gasteiger partial charge in [-0.25, -0.2) is 0 Å². The topological polar surface area (TPSA) is 46.5 Å². The minimum atomic E-state index is -0.302. The van der Waals surface area contributed by atoms with Crippen LogP contribution in [0.4, 0.5) is 0 Å². The largest absolute Gasteiger partial charge is 0.507 e. The lowest BCUT2D eigenvalue weighted by Gasteiger charge is -2.30. The van der Waals surface area contributed by atoms with Crippen LogP contribution in [-0.4, -0.2) is 16.8 Å². The zero-order valence-corrected chi connectivity index (χ0v) is 20.5. The number of phenolic OH excluding ortho intramolecular Hbond substituents is 1. The van der Waals surface area contributed by atoms with Crippen molar-refractivity contribution in [2.24, 2.45) is 0 Å². The van der Waals surface area contributed by atoms with Crippen LogP contribution in [0.5, 0.6) is 5.75 Å². The van der Waals surface area contributed by atoms with E-state index in [-0.39, 0.29) is 28.7 Å². The van der Waals surface area contributed by atoms with Crippen molar-refractivity contribution in [2.45, 2.75) is 110 Å². The van der Waals surface area contributed by atoms with Crippen molar-refractivity contribution in [1.82, 2.24) is 0 Å². The zero-order chi connectivity index (χ0) is 22.2. The Hall–Kier alpha value is -1.16. The van der Waals surface area contributed by atoms with E-state index in [4.69, 9.17) is 4.74 Å². The van der Waals surface area contributed by atoms with Gasteiger partial charge in [-0.2, -0.15) is 12.6 Å². The first-order valence-electron chi connectivity index (χ1n) is 11.1. The van der Waals surface area contributed by atoms with E-state index in [0.717, 1.165) is 36.0 Å². The molecule has 0 heterocycles. The first kappa shape index (κ1) is 25.9. The summed E-state index contributed by atoms with van der Waals surface area (Å²) in [5.41, 5.74) is 2.35. The Balaban J connectivity index is 3.23. The number of carbonyl (C=O) groups excluding carboxylic acids is 1. The molecule has 0 fully saturated rings. The fourth-order valence-corrected chi connectivity index (χ4v) is 3.66. The number of rotatable bonds is 10. The number of carbonyl (C=O) groups is 1. The molecule has 1 atom stereocenters. The molecule has 0 saturated carbocycles. The van der Waals surface area contributed by atoms with Crippen molar-refractivity contribution in [3.05, 3.63) is 28.8 Å². The highest BCUT2D eigenvalue weighted by atomic mass is 32.1. The number of phenols is 1. The molecule has 0 aliphatic rings. The van der Waals surface area contributed by atoms with Gasteiger partial charge in [0.15, 0.2) is 0 Å². The Labute approximate surface area is 184 Å². The first-order chi connectivity index (χ1) is 13.4. The van der Waals surface area contributed by atoms with Gasteiger partial charge >= 0.3 is 5.97 Å². The molecule has 0 saturated heterocycles. The van der Waals surface area contributed by atoms with Gasteiger partial charge in [-0.15, -0.1) is 0 Å². The summed E-state index contributed by atoms with van der Waals surface area (Å²) in [4.78, 5) is 12.1. The molecule has 166 valence electrons. The molecule has 29 heavy (non-hydrogen) atoms. The molecule has 3 nitrogen and oxygen atoms in total. The van der Waals surface area contributed by atoms with Crippen molar-refractivity contribution in [1.29, 1.82) is 0 Å². The van der Waals surface area contributed by atoms with Crippen molar-refractivity contribution in [3.63, 3.8) is 0 Å². The fraction of sp³-hybridized carbons (Fsp3) is 0.720. The lowest BCUT2D eigenvalue weighted by molar-refractivity contribution is -0.146. The Kier molecular flexibility index (Phi) is 10.1. The Bertz CT molecular complexity index is 618. The fourth-order valence-electron chi connectivity index (χ4n) is 3.59. The molecule has 4 heteroatoms. The van der Waals surface area contributed by atoms with Crippen LogP contribution in [0, 0.1) is 0 Å². The number of aromatic hydroxyl groups is 1. The van der Waals surface area contributed by atoms with Crippen LogP contribution in [0.25, 0.3) is 0 Å². The molecule has 1 aromatic carbocycles. The number of ether oxygens (including phenoxy) is 1. The lowest BCUT2D eigenvalue weighted by atomic mass is 9.77. The minimum absolute atomic E-state index is 0.0728. The molecule has 0 spiro atoms. The quantitative estimate of drug-likeness (QED) is 0.237. The van der Waals surface area contributed by atoms with E-state index >= 15 is 0 Å². The maximum absolute atomic E-state index is 12.1. The summed E-state index contributed by atoms with van der Waals surface area (Å²) in [6.07, 6.45) is 7.65. The minimum Gasteiger partial charge on any atom is -0.507 e. The summed E-state index contributed by atoms with van der Waals surface area (Å²) in [6, 6.07) is 4.05. The molecule has 1 unspecified atom stereocenters. The molecule has 0 radical (unpaired) electrons. The van der Waals surface area contributed by atoms with E-state index in [0.29, 0.717) is 5.75 Å². The number of hydrogen-bond acceptors (Lipinski definition) is 4. The van der Waals surface area contributed by atoms with Gasteiger partial charge in [0.05, 0.1) is 5.75 Å². The van der Waals surface area contributed by atoms with Crippen LogP contribution < -0.4 is 0 Å². The normalized spacial score (nSPS) is 13.4. The average Bonchev–Trinajstić information content (AvgIpc) is 2.61. The molecule has 0 amide bonds. The highest BCUT2D eigenvalue weighted by Crippen LogP contribution is 2.42. The summed E-state index contributed by atoms with van der Waals surface area (Å²) < 4.78 is 5.79. The monoisotopic (exact) mass is 422 g/mol. The van der Waals surface area contributed by atoms with E-state index < -0.39 is 0 Å². The Morgan fingerprint density at radius 3 is 1.90 bits per heavy atom. The van der Waals surface area contributed by atoms with E-state index in [1.807, 2.05) is 12.1 Å². The molecule has 0 aliphatic heterocycles. The predicted octanol–water partition coefficient (Wildman–Crippen LogP) is 7.25. The van der Waals surface area contributed by atoms with Gasteiger partial charge in [0.25, 0.3) is 0 Å².